The highest BCUT2D eigenvalue weighted by Gasteiger charge is 2.50. The van der Waals surface area contributed by atoms with Crippen molar-refractivity contribution < 1.29 is 31.5 Å². The van der Waals surface area contributed by atoms with Crippen LogP contribution in [0.2, 0.25) is 5.02 Å². The fourth-order valence-electron chi connectivity index (χ4n) is 1.89. The zero-order valence-electron chi connectivity index (χ0n) is 10.3. The van der Waals surface area contributed by atoms with E-state index < -0.39 is 36.2 Å². The van der Waals surface area contributed by atoms with Gasteiger partial charge >= 0.3 is 18.1 Å². The Bertz CT molecular complexity index is 561. The topological polar surface area (TPSA) is 38.3 Å². The average molecular weight is 330 g/mol. The van der Waals surface area contributed by atoms with Crippen molar-refractivity contribution in [2.45, 2.75) is 24.6 Å². The van der Waals surface area contributed by atoms with Crippen LogP contribution in [0.1, 0.15) is 12.0 Å². The summed E-state index contributed by atoms with van der Waals surface area (Å²) >= 11 is 5.51. The molecule has 0 saturated carbocycles. The summed E-state index contributed by atoms with van der Waals surface area (Å²) in [4.78, 5) is 10.8. The minimum atomic E-state index is -4.65. The maximum Gasteiger partial charge on any atom is 0.418 e. The number of cyclic esters (lactones) is 1. The molecule has 1 fully saturated rings. The number of carbonyl (C=O) groups excluding carboxylic acids is 1. The maximum atomic E-state index is 12.9. The van der Waals surface area contributed by atoms with Crippen molar-refractivity contribution in [3.8, 4) is 0 Å². The smallest absolute Gasteiger partial charge is 0.418 e. The second-order valence-corrected chi connectivity index (χ2v) is 4.94. The van der Waals surface area contributed by atoms with Gasteiger partial charge in [-0.25, -0.2) is 4.79 Å². The standard InChI is InChI=1S/C12H9ClF5NO2/c13-6-1-2-9(8(3-6)12(16,17)18)19-5-7-4-11(14,15)10(20)21-7/h1-3,7,19H,4-5H2. The molecule has 0 radical (unpaired) electrons. The Hall–Kier alpha value is -1.57. The van der Waals surface area contributed by atoms with Crippen LogP contribution in [0, 0.1) is 0 Å². The third kappa shape index (κ3) is 3.55. The number of ether oxygens (including phenoxy) is 1. The van der Waals surface area contributed by atoms with Gasteiger partial charge in [0, 0.05) is 10.7 Å². The van der Waals surface area contributed by atoms with Crippen molar-refractivity contribution in [3.63, 3.8) is 0 Å². The van der Waals surface area contributed by atoms with Crippen molar-refractivity contribution in [2.75, 3.05) is 11.9 Å². The van der Waals surface area contributed by atoms with Gasteiger partial charge in [0.25, 0.3) is 0 Å². The molecule has 0 amide bonds. The predicted molar refractivity (Wildman–Crippen MR) is 64.4 cm³/mol. The summed E-state index contributed by atoms with van der Waals surface area (Å²) in [7, 11) is 0. The first-order valence-electron chi connectivity index (χ1n) is 5.79. The lowest BCUT2D eigenvalue weighted by molar-refractivity contribution is -0.158. The Morgan fingerprint density at radius 2 is 2.05 bits per heavy atom. The molecule has 0 spiro atoms. The van der Waals surface area contributed by atoms with Gasteiger partial charge in [-0.15, -0.1) is 0 Å². The number of nitrogens with one attached hydrogen (secondary N) is 1. The Morgan fingerprint density at radius 1 is 1.38 bits per heavy atom. The third-order valence-corrected chi connectivity index (χ3v) is 3.10. The summed E-state index contributed by atoms with van der Waals surface area (Å²) in [5.41, 5.74) is -1.34. The molecule has 3 nitrogen and oxygen atoms in total. The van der Waals surface area contributed by atoms with Crippen molar-refractivity contribution in [1.82, 2.24) is 0 Å². The van der Waals surface area contributed by atoms with Crippen molar-refractivity contribution in [2.24, 2.45) is 0 Å². The molecule has 1 atom stereocenters. The molecular formula is C12H9ClF5NO2. The summed E-state index contributed by atoms with van der Waals surface area (Å²) in [6.07, 6.45) is -6.71. The van der Waals surface area contributed by atoms with Crippen LogP contribution < -0.4 is 5.32 Å². The van der Waals surface area contributed by atoms with E-state index in [4.69, 9.17) is 11.6 Å². The number of carbonyl (C=O) groups is 1. The lowest BCUT2D eigenvalue weighted by Gasteiger charge is -2.16. The normalized spacial score (nSPS) is 21.2. The number of halogens is 6. The van der Waals surface area contributed by atoms with Crippen LogP contribution in [0.5, 0.6) is 0 Å². The second kappa shape index (κ2) is 5.32. The Balaban J connectivity index is 2.10. The van der Waals surface area contributed by atoms with E-state index in [1.165, 1.54) is 6.07 Å². The van der Waals surface area contributed by atoms with E-state index in [0.29, 0.717) is 0 Å². The van der Waals surface area contributed by atoms with E-state index >= 15 is 0 Å². The van der Waals surface area contributed by atoms with Gasteiger partial charge in [0.15, 0.2) is 0 Å². The first-order chi connectivity index (χ1) is 9.59. The molecule has 1 N–H and O–H groups in total. The number of hydrogen-bond acceptors (Lipinski definition) is 3. The van der Waals surface area contributed by atoms with Crippen molar-refractivity contribution in [3.05, 3.63) is 28.8 Å². The van der Waals surface area contributed by atoms with Crippen LogP contribution >= 0.6 is 11.6 Å². The molecule has 116 valence electrons. The van der Waals surface area contributed by atoms with Crippen LogP contribution in [0.15, 0.2) is 18.2 Å². The van der Waals surface area contributed by atoms with Crippen molar-refractivity contribution >= 4 is 23.3 Å². The molecule has 9 heteroatoms. The number of hydrogen-bond donors (Lipinski definition) is 1. The van der Waals surface area contributed by atoms with Crippen LogP contribution in [0.4, 0.5) is 27.6 Å². The molecule has 2 rings (SSSR count). The number of rotatable bonds is 3. The van der Waals surface area contributed by atoms with Gasteiger partial charge in [-0.2, -0.15) is 22.0 Å². The highest BCUT2D eigenvalue weighted by molar-refractivity contribution is 6.30. The van der Waals surface area contributed by atoms with Gasteiger partial charge in [0.2, 0.25) is 0 Å². The fourth-order valence-corrected chi connectivity index (χ4v) is 2.06. The van der Waals surface area contributed by atoms with E-state index in [9.17, 15) is 26.7 Å². The number of alkyl halides is 5. The maximum absolute atomic E-state index is 12.9. The summed E-state index contributed by atoms with van der Waals surface area (Å²) in [5, 5.41) is 2.25. The molecule has 1 aromatic rings. The number of esters is 1. The molecule has 1 saturated heterocycles. The molecule has 21 heavy (non-hydrogen) atoms. The zero-order valence-corrected chi connectivity index (χ0v) is 11.1. The Labute approximate surface area is 121 Å². The first-order valence-corrected chi connectivity index (χ1v) is 6.17. The lowest BCUT2D eigenvalue weighted by Crippen LogP contribution is -2.22. The molecule has 0 aliphatic carbocycles. The molecule has 1 aliphatic heterocycles. The predicted octanol–water partition coefficient (Wildman–Crippen LogP) is 3.72. The summed E-state index contributed by atoms with van der Waals surface area (Å²) in [6, 6.07) is 3.04. The van der Waals surface area contributed by atoms with E-state index in [-0.39, 0.29) is 17.3 Å². The summed E-state index contributed by atoms with van der Waals surface area (Å²) in [6.45, 7) is -0.355. The minimum Gasteiger partial charge on any atom is -0.456 e. The average Bonchev–Trinajstić information content (AvgIpc) is 2.60. The van der Waals surface area contributed by atoms with Crippen LogP contribution in [0.25, 0.3) is 0 Å². The first kappa shape index (κ1) is 15.8. The molecule has 0 bridgehead atoms. The van der Waals surface area contributed by atoms with Crippen LogP contribution in [-0.4, -0.2) is 24.5 Å². The van der Waals surface area contributed by atoms with E-state index in [2.05, 4.69) is 10.1 Å². The molecular weight excluding hydrogens is 321 g/mol. The highest BCUT2D eigenvalue weighted by atomic mass is 35.5. The SMILES string of the molecule is O=C1OC(CNc2ccc(Cl)cc2C(F)(F)F)CC1(F)F. The van der Waals surface area contributed by atoms with Gasteiger partial charge in [0.05, 0.1) is 18.5 Å². The number of anilines is 1. The molecule has 1 unspecified atom stereocenters. The third-order valence-electron chi connectivity index (χ3n) is 2.86. The molecule has 1 aliphatic rings. The monoisotopic (exact) mass is 329 g/mol. The molecule has 1 aromatic carbocycles. The number of benzene rings is 1. The van der Waals surface area contributed by atoms with E-state index in [0.717, 1.165) is 12.1 Å². The van der Waals surface area contributed by atoms with Gasteiger partial charge in [0.1, 0.15) is 6.10 Å². The molecule has 0 aromatic heterocycles. The Kier molecular flexibility index (Phi) is 4.01. The van der Waals surface area contributed by atoms with Gasteiger partial charge in [-0.05, 0) is 18.2 Å². The lowest BCUT2D eigenvalue weighted by atomic mass is 10.1. The van der Waals surface area contributed by atoms with Crippen LogP contribution in [-0.2, 0) is 15.7 Å². The highest BCUT2D eigenvalue weighted by Crippen LogP contribution is 2.37. The van der Waals surface area contributed by atoms with Crippen molar-refractivity contribution in [1.29, 1.82) is 0 Å². The quantitative estimate of drug-likeness (QED) is 0.678. The largest absolute Gasteiger partial charge is 0.456 e. The zero-order chi connectivity index (χ0) is 15.8. The molecule has 1 heterocycles. The summed E-state index contributed by atoms with van der Waals surface area (Å²) in [5.74, 6) is -5.26. The second-order valence-electron chi connectivity index (χ2n) is 4.50. The van der Waals surface area contributed by atoms with Gasteiger partial charge in [-0.1, -0.05) is 11.6 Å². The fraction of sp³-hybridized carbons (Fsp3) is 0.417. The van der Waals surface area contributed by atoms with E-state index in [1.54, 1.807) is 0 Å². The minimum absolute atomic E-state index is 0.105. The van der Waals surface area contributed by atoms with Crippen LogP contribution in [0.3, 0.4) is 0 Å². The Morgan fingerprint density at radius 3 is 2.57 bits per heavy atom. The van der Waals surface area contributed by atoms with Gasteiger partial charge in [-0.3, -0.25) is 0 Å². The summed E-state index contributed by atoms with van der Waals surface area (Å²) < 4.78 is 68.7. The van der Waals surface area contributed by atoms with E-state index in [1.807, 2.05) is 0 Å². The van der Waals surface area contributed by atoms with Gasteiger partial charge < -0.3 is 10.1 Å².